The summed E-state index contributed by atoms with van der Waals surface area (Å²) in [4.78, 5) is 26.7. The Morgan fingerprint density at radius 3 is 2.66 bits per heavy atom. The number of aromatic hydroxyl groups is 1. The molecule has 0 aliphatic carbocycles. The second kappa shape index (κ2) is 8.82. The molecule has 1 aromatic heterocycles. The van der Waals surface area contributed by atoms with Crippen molar-refractivity contribution >= 4 is 5.71 Å². The third-order valence-corrected chi connectivity index (χ3v) is 4.75. The quantitative estimate of drug-likeness (QED) is 0.554. The first-order valence-corrected chi connectivity index (χ1v) is 9.09. The van der Waals surface area contributed by atoms with E-state index >= 15 is 0 Å². The summed E-state index contributed by atoms with van der Waals surface area (Å²) in [5, 5.41) is 14.8. The van der Waals surface area contributed by atoms with Crippen LogP contribution in [0.1, 0.15) is 30.0 Å². The van der Waals surface area contributed by atoms with E-state index < -0.39 is 17.1 Å². The molecule has 0 radical (unpaired) electrons. The first kappa shape index (κ1) is 20.5. The van der Waals surface area contributed by atoms with Gasteiger partial charge in [0.15, 0.2) is 11.5 Å². The first-order chi connectivity index (χ1) is 14.0. The summed E-state index contributed by atoms with van der Waals surface area (Å²) in [6.07, 6.45) is 0.858. The second-order valence-electron chi connectivity index (χ2n) is 6.51. The number of rotatable bonds is 8. The van der Waals surface area contributed by atoms with E-state index in [1.165, 1.54) is 0 Å². The van der Waals surface area contributed by atoms with Gasteiger partial charge in [-0.15, -0.1) is 0 Å². The number of nitrogens with one attached hydrogen (secondary N) is 2. The minimum atomic E-state index is -0.677. The van der Waals surface area contributed by atoms with E-state index in [1.54, 1.807) is 27.4 Å². The van der Waals surface area contributed by atoms with Gasteiger partial charge in [-0.1, -0.05) is 6.07 Å². The Bertz CT molecular complexity index is 1030. The number of aromatic amines is 1. The molecule has 3 N–H and O–H groups in total. The zero-order valence-corrected chi connectivity index (χ0v) is 16.5. The van der Waals surface area contributed by atoms with E-state index in [4.69, 9.17) is 14.2 Å². The molecular formula is C19H24N4O6. The van der Waals surface area contributed by atoms with Crippen LogP contribution in [0.3, 0.4) is 0 Å². The molecule has 10 heteroatoms. The molecule has 0 bridgehead atoms. The minimum absolute atomic E-state index is 0.0162. The number of nitrogens with zero attached hydrogens (tertiary/aromatic N) is 2. The molecule has 0 fully saturated rings. The van der Waals surface area contributed by atoms with E-state index in [0.29, 0.717) is 36.7 Å². The molecule has 1 unspecified atom stereocenters. The second-order valence-corrected chi connectivity index (χ2v) is 6.51. The van der Waals surface area contributed by atoms with Gasteiger partial charge in [-0.25, -0.2) is 4.79 Å². The monoisotopic (exact) mass is 404 g/mol. The first-order valence-electron chi connectivity index (χ1n) is 9.09. The molecule has 10 nitrogen and oxygen atoms in total. The van der Waals surface area contributed by atoms with Crippen molar-refractivity contribution in [2.24, 2.45) is 5.10 Å². The maximum atomic E-state index is 12.4. The molecule has 3 rings (SSSR count). The smallest absolute Gasteiger partial charge is 0.331 e. The number of hydrogen-bond acceptors (Lipinski definition) is 8. The van der Waals surface area contributed by atoms with Crippen molar-refractivity contribution in [3.05, 3.63) is 50.2 Å². The molecular weight excluding hydrogens is 380 g/mol. The number of benzene rings is 1. The highest BCUT2D eigenvalue weighted by Crippen LogP contribution is 2.33. The Kier molecular flexibility index (Phi) is 6.23. The predicted molar refractivity (Wildman–Crippen MR) is 106 cm³/mol. The highest BCUT2D eigenvalue weighted by Gasteiger charge is 2.27. The van der Waals surface area contributed by atoms with E-state index in [9.17, 15) is 14.7 Å². The van der Waals surface area contributed by atoms with Crippen molar-refractivity contribution < 1.29 is 19.3 Å². The van der Waals surface area contributed by atoms with Gasteiger partial charge in [0.2, 0.25) is 5.88 Å². The molecule has 2 heterocycles. The van der Waals surface area contributed by atoms with Gasteiger partial charge in [0.05, 0.1) is 26.0 Å². The van der Waals surface area contributed by atoms with Gasteiger partial charge < -0.3 is 24.7 Å². The normalized spacial score (nSPS) is 15.7. The maximum absolute atomic E-state index is 12.4. The molecule has 0 spiro atoms. The number of methoxy groups -OCH3 is 3. The van der Waals surface area contributed by atoms with E-state index in [-0.39, 0.29) is 18.2 Å². The molecule has 1 aliphatic heterocycles. The number of hydrogen-bond donors (Lipinski definition) is 3. The average Bonchev–Trinajstić information content (AvgIpc) is 3.19. The lowest BCUT2D eigenvalue weighted by Gasteiger charge is -2.14. The molecule has 29 heavy (non-hydrogen) atoms. The molecule has 0 saturated carbocycles. The highest BCUT2D eigenvalue weighted by atomic mass is 16.5. The Balaban J connectivity index is 1.87. The molecule has 1 aliphatic rings. The summed E-state index contributed by atoms with van der Waals surface area (Å²) in [7, 11) is 4.66. The van der Waals surface area contributed by atoms with Crippen LogP contribution in [0.15, 0.2) is 32.9 Å². The van der Waals surface area contributed by atoms with Gasteiger partial charge in [0, 0.05) is 26.7 Å². The fraction of sp³-hybridized carbons (Fsp3) is 0.421. The van der Waals surface area contributed by atoms with Gasteiger partial charge in [0.25, 0.3) is 5.56 Å². The Morgan fingerprint density at radius 2 is 1.97 bits per heavy atom. The van der Waals surface area contributed by atoms with Gasteiger partial charge in [-0.3, -0.25) is 14.3 Å². The van der Waals surface area contributed by atoms with Crippen LogP contribution in [0.25, 0.3) is 0 Å². The van der Waals surface area contributed by atoms with Gasteiger partial charge in [-0.2, -0.15) is 5.10 Å². The molecule has 156 valence electrons. The number of hydrazone groups is 1. The van der Waals surface area contributed by atoms with Crippen LogP contribution in [0, 0.1) is 0 Å². The van der Waals surface area contributed by atoms with Gasteiger partial charge in [-0.05, 0) is 24.1 Å². The highest BCUT2D eigenvalue weighted by molar-refractivity contribution is 6.03. The van der Waals surface area contributed by atoms with Crippen molar-refractivity contribution in [1.29, 1.82) is 0 Å². The Labute approximate surface area is 166 Å². The summed E-state index contributed by atoms with van der Waals surface area (Å²) in [5.74, 6) is 0.781. The fourth-order valence-electron chi connectivity index (χ4n) is 3.25. The topological polar surface area (TPSA) is 127 Å². The van der Waals surface area contributed by atoms with Crippen LogP contribution < -0.4 is 26.1 Å². The molecule has 0 saturated heterocycles. The van der Waals surface area contributed by atoms with Crippen LogP contribution in [0.2, 0.25) is 0 Å². The van der Waals surface area contributed by atoms with Crippen LogP contribution in [-0.4, -0.2) is 48.3 Å². The molecule has 0 amide bonds. The van der Waals surface area contributed by atoms with E-state index in [1.807, 2.05) is 12.1 Å². The summed E-state index contributed by atoms with van der Waals surface area (Å²) >= 11 is 0. The van der Waals surface area contributed by atoms with Crippen molar-refractivity contribution in [2.75, 3.05) is 27.9 Å². The largest absolute Gasteiger partial charge is 0.494 e. The summed E-state index contributed by atoms with van der Waals surface area (Å²) in [6, 6.07) is 5.25. The van der Waals surface area contributed by atoms with Crippen molar-refractivity contribution in [1.82, 2.24) is 15.0 Å². The lowest BCUT2D eigenvalue weighted by molar-refractivity contribution is 0.188. The van der Waals surface area contributed by atoms with Crippen LogP contribution in [0.4, 0.5) is 0 Å². The van der Waals surface area contributed by atoms with Crippen LogP contribution in [0.5, 0.6) is 17.4 Å². The fourth-order valence-corrected chi connectivity index (χ4v) is 3.25. The van der Waals surface area contributed by atoms with Crippen LogP contribution >= 0.6 is 0 Å². The van der Waals surface area contributed by atoms with Crippen molar-refractivity contribution in [3.8, 4) is 17.4 Å². The van der Waals surface area contributed by atoms with Gasteiger partial charge in [0.1, 0.15) is 5.56 Å². The number of aromatic nitrogens is 2. The molecule has 2 aromatic rings. The molecule has 1 atom stereocenters. The number of ether oxygens (including phenoxy) is 3. The molecule has 1 aromatic carbocycles. The summed E-state index contributed by atoms with van der Waals surface area (Å²) < 4.78 is 16.7. The Hall–Kier alpha value is -3.27. The third-order valence-electron chi connectivity index (χ3n) is 4.75. The van der Waals surface area contributed by atoms with Crippen molar-refractivity contribution in [2.45, 2.75) is 25.4 Å². The van der Waals surface area contributed by atoms with Gasteiger partial charge >= 0.3 is 5.69 Å². The zero-order chi connectivity index (χ0) is 21.0. The lowest BCUT2D eigenvalue weighted by Crippen LogP contribution is -2.34. The van der Waals surface area contributed by atoms with Crippen LogP contribution in [-0.2, 0) is 11.3 Å². The minimum Gasteiger partial charge on any atom is -0.494 e. The predicted octanol–water partition coefficient (Wildman–Crippen LogP) is 0.735. The number of H-pyrrole nitrogens is 1. The van der Waals surface area contributed by atoms with E-state index in [2.05, 4.69) is 15.5 Å². The standard InChI is InChI=1S/C19H24N4O6/c1-27-8-4-7-23-18(25)16(17(24)20-19(23)26)13-10-12(21-22-13)11-5-6-14(28-2)15(9-11)29-3/h5-6,9,12,21,25H,4,7-8,10H2,1-3H3,(H,20,24,26). The van der Waals surface area contributed by atoms with Crippen molar-refractivity contribution in [3.63, 3.8) is 0 Å². The third kappa shape index (κ3) is 4.11. The summed E-state index contributed by atoms with van der Waals surface area (Å²) in [5.41, 5.74) is 2.85. The Morgan fingerprint density at radius 1 is 1.21 bits per heavy atom. The maximum Gasteiger partial charge on any atom is 0.331 e. The average molecular weight is 404 g/mol. The summed E-state index contributed by atoms with van der Waals surface area (Å²) in [6.45, 7) is 0.631. The lowest BCUT2D eigenvalue weighted by atomic mass is 9.99. The zero-order valence-electron chi connectivity index (χ0n) is 16.5. The van der Waals surface area contributed by atoms with E-state index in [0.717, 1.165) is 10.1 Å². The SMILES string of the molecule is COCCCn1c(O)c(C2=NNC(c3ccc(OC)c(OC)c3)C2)c(=O)[nH]c1=O.